The molecule has 4 rings (SSSR count). The molecule has 1 spiro atoms. The van der Waals surface area contributed by atoms with Crippen LogP contribution in [0.3, 0.4) is 0 Å². The van der Waals surface area contributed by atoms with E-state index in [2.05, 4.69) is 27.0 Å². The average molecular weight is 355 g/mol. The van der Waals surface area contributed by atoms with Crippen LogP contribution in [0.4, 0.5) is 0 Å². The van der Waals surface area contributed by atoms with E-state index in [0.29, 0.717) is 6.01 Å². The van der Waals surface area contributed by atoms with E-state index in [4.69, 9.17) is 14.2 Å². The standard InChI is InChI=1S/C20H25N3O3/c1-15-7-9-21-19(22-15)26-18-8-10-25-20(11-18)13-23(14-20)12-16-3-5-17(24-2)6-4-16/h3-7,9,18H,8,10-14H2,1-2H3/t18-/m1/s1. The Kier molecular flexibility index (Phi) is 4.78. The zero-order valence-corrected chi connectivity index (χ0v) is 15.4. The summed E-state index contributed by atoms with van der Waals surface area (Å²) in [6, 6.07) is 10.6. The summed E-state index contributed by atoms with van der Waals surface area (Å²) >= 11 is 0. The van der Waals surface area contributed by atoms with Crippen molar-refractivity contribution in [2.24, 2.45) is 0 Å². The number of nitrogens with zero attached hydrogens (tertiary/aromatic N) is 3. The molecule has 3 heterocycles. The Balaban J connectivity index is 1.31. The summed E-state index contributed by atoms with van der Waals surface area (Å²) in [6.45, 7) is 5.48. The summed E-state index contributed by atoms with van der Waals surface area (Å²) in [6.07, 6.45) is 3.64. The number of hydrogen-bond donors (Lipinski definition) is 0. The summed E-state index contributed by atoms with van der Waals surface area (Å²) < 4.78 is 17.3. The molecular weight excluding hydrogens is 330 g/mol. The van der Waals surface area contributed by atoms with Crippen LogP contribution >= 0.6 is 0 Å². The normalized spacial score (nSPS) is 22.0. The minimum Gasteiger partial charge on any atom is -0.497 e. The van der Waals surface area contributed by atoms with Crippen molar-refractivity contribution in [3.8, 4) is 11.8 Å². The molecule has 0 unspecified atom stereocenters. The Bertz CT molecular complexity index is 744. The molecule has 2 fully saturated rings. The van der Waals surface area contributed by atoms with Crippen molar-refractivity contribution in [3.63, 3.8) is 0 Å². The van der Waals surface area contributed by atoms with Gasteiger partial charge in [-0.25, -0.2) is 9.97 Å². The van der Waals surface area contributed by atoms with E-state index in [1.54, 1.807) is 13.3 Å². The van der Waals surface area contributed by atoms with Gasteiger partial charge in [0.05, 0.1) is 19.3 Å². The first-order valence-electron chi connectivity index (χ1n) is 9.10. The molecule has 1 aromatic carbocycles. The summed E-state index contributed by atoms with van der Waals surface area (Å²) in [5.74, 6) is 0.891. The molecule has 1 atom stereocenters. The SMILES string of the molecule is COc1ccc(CN2CC3(C[C@H](Oc4nccc(C)n4)CCO3)C2)cc1. The second-order valence-electron chi connectivity index (χ2n) is 7.24. The van der Waals surface area contributed by atoms with Gasteiger partial charge in [-0.1, -0.05) is 12.1 Å². The monoisotopic (exact) mass is 355 g/mol. The smallest absolute Gasteiger partial charge is 0.316 e. The van der Waals surface area contributed by atoms with Crippen molar-refractivity contribution in [2.75, 3.05) is 26.8 Å². The molecule has 2 saturated heterocycles. The molecule has 0 bridgehead atoms. The van der Waals surface area contributed by atoms with E-state index >= 15 is 0 Å². The Labute approximate surface area is 154 Å². The van der Waals surface area contributed by atoms with E-state index in [9.17, 15) is 0 Å². The second-order valence-corrected chi connectivity index (χ2v) is 7.24. The minimum absolute atomic E-state index is 0.0841. The van der Waals surface area contributed by atoms with Crippen LogP contribution in [0.5, 0.6) is 11.8 Å². The Morgan fingerprint density at radius 2 is 2.04 bits per heavy atom. The van der Waals surface area contributed by atoms with Crippen LogP contribution in [-0.2, 0) is 11.3 Å². The molecule has 0 N–H and O–H groups in total. The third-order valence-electron chi connectivity index (χ3n) is 5.08. The Morgan fingerprint density at radius 1 is 1.23 bits per heavy atom. The first kappa shape index (κ1) is 17.2. The topological polar surface area (TPSA) is 56.7 Å². The van der Waals surface area contributed by atoms with Crippen LogP contribution < -0.4 is 9.47 Å². The van der Waals surface area contributed by atoms with Crippen LogP contribution in [0.25, 0.3) is 0 Å². The van der Waals surface area contributed by atoms with Gasteiger partial charge in [0.15, 0.2) is 0 Å². The fourth-order valence-corrected chi connectivity index (χ4v) is 3.81. The number of ether oxygens (including phenoxy) is 3. The molecule has 6 heteroatoms. The second kappa shape index (κ2) is 7.21. The maximum Gasteiger partial charge on any atom is 0.316 e. The summed E-state index contributed by atoms with van der Waals surface area (Å²) in [7, 11) is 1.69. The van der Waals surface area contributed by atoms with Gasteiger partial charge >= 0.3 is 6.01 Å². The van der Waals surface area contributed by atoms with Crippen LogP contribution in [0, 0.1) is 6.92 Å². The fourth-order valence-electron chi connectivity index (χ4n) is 3.81. The van der Waals surface area contributed by atoms with Crippen molar-refractivity contribution in [3.05, 3.63) is 47.8 Å². The third kappa shape index (κ3) is 3.81. The van der Waals surface area contributed by atoms with Gasteiger partial charge in [0.1, 0.15) is 11.9 Å². The number of benzene rings is 1. The zero-order valence-electron chi connectivity index (χ0n) is 15.4. The number of aromatic nitrogens is 2. The van der Waals surface area contributed by atoms with E-state index < -0.39 is 0 Å². The number of methoxy groups -OCH3 is 1. The lowest BCUT2D eigenvalue weighted by atomic mass is 9.84. The van der Waals surface area contributed by atoms with Crippen LogP contribution in [0.2, 0.25) is 0 Å². The maximum absolute atomic E-state index is 6.12. The van der Waals surface area contributed by atoms with Gasteiger partial charge in [-0.3, -0.25) is 4.90 Å². The highest BCUT2D eigenvalue weighted by molar-refractivity contribution is 5.27. The number of hydrogen-bond acceptors (Lipinski definition) is 6. The number of aryl methyl sites for hydroxylation is 1. The lowest BCUT2D eigenvalue weighted by molar-refractivity contribution is -0.188. The molecule has 0 aliphatic carbocycles. The average Bonchev–Trinajstić information content (AvgIpc) is 2.61. The molecule has 2 aliphatic rings. The minimum atomic E-state index is -0.0841. The van der Waals surface area contributed by atoms with Crippen molar-refractivity contribution >= 4 is 0 Å². The Morgan fingerprint density at radius 3 is 2.77 bits per heavy atom. The zero-order chi connectivity index (χ0) is 18.0. The van der Waals surface area contributed by atoms with Crippen molar-refractivity contribution in [2.45, 2.75) is 38.0 Å². The molecule has 2 aromatic rings. The summed E-state index contributed by atoms with van der Waals surface area (Å²) in [5, 5.41) is 0. The van der Waals surface area contributed by atoms with Gasteiger partial charge in [0.2, 0.25) is 0 Å². The molecule has 2 aliphatic heterocycles. The highest BCUT2D eigenvalue weighted by Gasteiger charge is 2.48. The quantitative estimate of drug-likeness (QED) is 0.822. The molecular formula is C20H25N3O3. The predicted molar refractivity (Wildman–Crippen MR) is 97.4 cm³/mol. The van der Waals surface area contributed by atoms with Crippen LogP contribution in [0.15, 0.2) is 36.5 Å². The highest BCUT2D eigenvalue weighted by Crippen LogP contribution is 2.36. The molecule has 0 saturated carbocycles. The van der Waals surface area contributed by atoms with Crippen molar-refractivity contribution in [1.29, 1.82) is 0 Å². The summed E-state index contributed by atoms with van der Waals surface area (Å²) in [4.78, 5) is 11.0. The molecule has 6 nitrogen and oxygen atoms in total. The third-order valence-corrected chi connectivity index (χ3v) is 5.08. The lowest BCUT2D eigenvalue weighted by Gasteiger charge is -2.53. The molecule has 138 valence electrons. The van der Waals surface area contributed by atoms with Gasteiger partial charge in [-0.2, -0.15) is 0 Å². The van der Waals surface area contributed by atoms with E-state index in [1.165, 1.54) is 5.56 Å². The number of likely N-dealkylation sites (tertiary alicyclic amines) is 1. The van der Waals surface area contributed by atoms with E-state index in [1.807, 2.05) is 25.1 Å². The van der Waals surface area contributed by atoms with E-state index in [-0.39, 0.29) is 11.7 Å². The van der Waals surface area contributed by atoms with Gasteiger partial charge < -0.3 is 14.2 Å². The van der Waals surface area contributed by atoms with Gasteiger partial charge in [0, 0.05) is 44.4 Å². The largest absolute Gasteiger partial charge is 0.497 e. The van der Waals surface area contributed by atoms with E-state index in [0.717, 1.165) is 50.5 Å². The highest BCUT2D eigenvalue weighted by atomic mass is 16.5. The van der Waals surface area contributed by atoms with Gasteiger partial charge in [-0.15, -0.1) is 0 Å². The van der Waals surface area contributed by atoms with Gasteiger partial charge in [-0.05, 0) is 30.7 Å². The van der Waals surface area contributed by atoms with Crippen LogP contribution in [-0.4, -0.2) is 53.4 Å². The first-order valence-corrected chi connectivity index (χ1v) is 9.10. The molecule has 0 radical (unpaired) electrons. The lowest BCUT2D eigenvalue weighted by Crippen LogP contribution is -2.65. The number of rotatable bonds is 5. The molecule has 1 aromatic heterocycles. The Hall–Kier alpha value is -2.18. The molecule has 26 heavy (non-hydrogen) atoms. The predicted octanol–water partition coefficient (Wildman–Crippen LogP) is 2.61. The fraction of sp³-hybridized carbons (Fsp3) is 0.500. The summed E-state index contributed by atoms with van der Waals surface area (Å²) in [5.41, 5.74) is 2.13. The van der Waals surface area contributed by atoms with Crippen LogP contribution in [0.1, 0.15) is 24.1 Å². The maximum atomic E-state index is 6.12. The van der Waals surface area contributed by atoms with Gasteiger partial charge in [0.25, 0.3) is 0 Å². The van der Waals surface area contributed by atoms with Crippen molar-refractivity contribution in [1.82, 2.24) is 14.9 Å². The van der Waals surface area contributed by atoms with Crippen molar-refractivity contribution < 1.29 is 14.2 Å². The molecule has 0 amide bonds. The first-order chi connectivity index (χ1) is 12.6.